The van der Waals surface area contributed by atoms with Crippen LogP contribution in [0.15, 0.2) is 42.6 Å². The van der Waals surface area contributed by atoms with Crippen LogP contribution in [0, 0.1) is 0 Å². The third kappa shape index (κ3) is 1.45. The van der Waals surface area contributed by atoms with Crippen LogP contribution in [0.3, 0.4) is 0 Å². The van der Waals surface area contributed by atoms with Gasteiger partial charge in [-0.1, -0.05) is 37.1 Å². The first-order valence-corrected chi connectivity index (χ1v) is 7.81. The van der Waals surface area contributed by atoms with Gasteiger partial charge in [0.1, 0.15) is 5.75 Å². The lowest BCUT2D eigenvalue weighted by molar-refractivity contribution is 0.269. The van der Waals surface area contributed by atoms with Gasteiger partial charge >= 0.3 is 0 Å². The number of hydrogen-bond donors (Lipinski definition) is 0. The molecule has 2 aliphatic rings. The molecule has 2 heteroatoms. The van der Waals surface area contributed by atoms with Crippen LogP contribution >= 0.6 is 0 Å². The van der Waals surface area contributed by atoms with E-state index in [2.05, 4.69) is 35.3 Å². The Bertz CT molecular complexity index is 862. The molecule has 1 aromatic heterocycles. The van der Waals surface area contributed by atoms with Gasteiger partial charge in [-0.3, -0.25) is 4.98 Å². The van der Waals surface area contributed by atoms with Gasteiger partial charge in [0.2, 0.25) is 0 Å². The van der Waals surface area contributed by atoms with Crippen LogP contribution in [0.1, 0.15) is 31.2 Å². The molecule has 0 atom stereocenters. The number of pyridine rings is 1. The fourth-order valence-electron chi connectivity index (χ4n) is 4.25. The van der Waals surface area contributed by atoms with E-state index in [1.165, 1.54) is 47.4 Å². The number of rotatable bonds is 0. The quantitative estimate of drug-likeness (QED) is 0.560. The standard InChI is InChI=1S/C19H17NO/c1-2-10-19(9-1)12-21-18-15-6-5-13-4-3-11-20-17(13)14(15)7-8-16(18)19/h3-8,11H,1-2,9-10,12H2. The maximum absolute atomic E-state index is 6.17. The second-order valence-electron chi connectivity index (χ2n) is 6.45. The molecule has 0 unspecified atom stereocenters. The number of benzene rings is 2. The molecule has 0 radical (unpaired) electrons. The Balaban J connectivity index is 1.84. The SMILES string of the molecule is c1cnc2c(c1)ccc1c3c(ccc12)C1(CCCC1)CO3. The van der Waals surface area contributed by atoms with Gasteiger partial charge in [-0.2, -0.15) is 0 Å². The second-order valence-corrected chi connectivity index (χ2v) is 6.45. The highest BCUT2D eigenvalue weighted by atomic mass is 16.5. The van der Waals surface area contributed by atoms with Gasteiger partial charge in [-0.25, -0.2) is 0 Å². The topological polar surface area (TPSA) is 22.1 Å². The molecular weight excluding hydrogens is 258 g/mol. The van der Waals surface area contributed by atoms with Crippen molar-refractivity contribution in [1.82, 2.24) is 4.98 Å². The first-order chi connectivity index (χ1) is 10.4. The van der Waals surface area contributed by atoms with Crippen molar-refractivity contribution in [3.63, 3.8) is 0 Å². The molecular formula is C19H17NO. The Kier molecular flexibility index (Phi) is 2.19. The van der Waals surface area contributed by atoms with E-state index in [4.69, 9.17) is 4.74 Å². The molecule has 21 heavy (non-hydrogen) atoms. The highest BCUT2D eigenvalue weighted by Crippen LogP contribution is 2.51. The van der Waals surface area contributed by atoms with E-state index in [0.29, 0.717) is 5.41 Å². The summed E-state index contributed by atoms with van der Waals surface area (Å²) in [6.07, 6.45) is 7.09. The van der Waals surface area contributed by atoms with Gasteiger partial charge in [-0.15, -0.1) is 0 Å². The smallest absolute Gasteiger partial charge is 0.131 e. The Hall–Kier alpha value is -2.09. The first kappa shape index (κ1) is 11.6. The summed E-state index contributed by atoms with van der Waals surface area (Å²) in [5.74, 6) is 1.11. The zero-order valence-electron chi connectivity index (χ0n) is 11.9. The zero-order valence-corrected chi connectivity index (χ0v) is 11.9. The molecule has 2 nitrogen and oxygen atoms in total. The molecule has 1 fully saturated rings. The molecule has 104 valence electrons. The van der Waals surface area contributed by atoms with Gasteiger partial charge in [0.05, 0.1) is 12.1 Å². The molecule has 0 saturated heterocycles. The third-order valence-corrected chi connectivity index (χ3v) is 5.34. The van der Waals surface area contributed by atoms with Crippen molar-refractivity contribution in [3.8, 4) is 5.75 Å². The third-order valence-electron chi connectivity index (χ3n) is 5.34. The van der Waals surface area contributed by atoms with E-state index in [9.17, 15) is 0 Å². The van der Waals surface area contributed by atoms with Crippen molar-refractivity contribution in [2.75, 3.05) is 6.61 Å². The molecule has 0 N–H and O–H groups in total. The van der Waals surface area contributed by atoms with Gasteiger partial charge in [0.15, 0.2) is 0 Å². The highest BCUT2D eigenvalue weighted by molar-refractivity contribution is 6.07. The van der Waals surface area contributed by atoms with Gasteiger partial charge in [-0.05, 0) is 25.0 Å². The Morgan fingerprint density at radius 3 is 2.71 bits per heavy atom. The molecule has 2 aromatic carbocycles. The van der Waals surface area contributed by atoms with Crippen LogP contribution in [0.2, 0.25) is 0 Å². The lowest BCUT2D eigenvalue weighted by Gasteiger charge is -2.20. The minimum atomic E-state index is 0.294. The van der Waals surface area contributed by atoms with Gasteiger partial charge in [0, 0.05) is 33.3 Å². The van der Waals surface area contributed by atoms with Crippen LogP contribution in [-0.4, -0.2) is 11.6 Å². The lowest BCUT2D eigenvalue weighted by Crippen LogP contribution is -2.23. The van der Waals surface area contributed by atoms with Crippen LogP contribution in [0.4, 0.5) is 0 Å². The van der Waals surface area contributed by atoms with Crippen molar-refractivity contribution in [3.05, 3.63) is 48.2 Å². The summed E-state index contributed by atoms with van der Waals surface area (Å²) in [5, 5.41) is 3.63. The van der Waals surface area contributed by atoms with Crippen LogP contribution in [-0.2, 0) is 5.41 Å². The molecule has 2 heterocycles. The predicted molar refractivity (Wildman–Crippen MR) is 84.9 cm³/mol. The van der Waals surface area contributed by atoms with Crippen LogP contribution < -0.4 is 4.74 Å². The predicted octanol–water partition coefficient (Wildman–Crippen LogP) is 4.59. The first-order valence-electron chi connectivity index (χ1n) is 7.81. The number of hydrogen-bond acceptors (Lipinski definition) is 2. The maximum Gasteiger partial charge on any atom is 0.131 e. The summed E-state index contributed by atoms with van der Waals surface area (Å²) in [6.45, 7) is 0.863. The summed E-state index contributed by atoms with van der Waals surface area (Å²) < 4.78 is 6.17. The van der Waals surface area contributed by atoms with E-state index in [1.54, 1.807) is 0 Å². The van der Waals surface area contributed by atoms with Crippen LogP contribution in [0.25, 0.3) is 21.7 Å². The normalized spacial score (nSPS) is 19.2. The summed E-state index contributed by atoms with van der Waals surface area (Å²) >= 11 is 0. The number of ether oxygens (including phenoxy) is 1. The lowest BCUT2D eigenvalue weighted by atomic mass is 9.80. The van der Waals surface area contributed by atoms with E-state index in [0.717, 1.165) is 17.9 Å². The monoisotopic (exact) mass is 275 g/mol. The summed E-state index contributed by atoms with van der Waals surface area (Å²) in [6, 6.07) is 13.0. The van der Waals surface area contributed by atoms with Crippen molar-refractivity contribution < 1.29 is 4.74 Å². The van der Waals surface area contributed by atoms with Crippen LogP contribution in [0.5, 0.6) is 5.75 Å². The van der Waals surface area contributed by atoms with E-state index in [1.807, 2.05) is 12.3 Å². The minimum Gasteiger partial charge on any atom is -0.492 e. The van der Waals surface area contributed by atoms with Crippen molar-refractivity contribution in [1.29, 1.82) is 0 Å². The van der Waals surface area contributed by atoms with Crippen molar-refractivity contribution >= 4 is 21.7 Å². The number of aromatic nitrogens is 1. The summed E-state index contributed by atoms with van der Waals surface area (Å²) in [4.78, 5) is 4.57. The Morgan fingerprint density at radius 1 is 0.952 bits per heavy atom. The highest BCUT2D eigenvalue weighted by Gasteiger charge is 2.43. The van der Waals surface area contributed by atoms with Crippen molar-refractivity contribution in [2.45, 2.75) is 31.1 Å². The zero-order chi connectivity index (χ0) is 13.9. The Labute approximate surface area is 123 Å². The molecule has 0 amide bonds. The summed E-state index contributed by atoms with van der Waals surface area (Å²) in [7, 11) is 0. The van der Waals surface area contributed by atoms with E-state index in [-0.39, 0.29) is 0 Å². The molecule has 1 aliphatic heterocycles. The molecule has 1 aliphatic carbocycles. The number of nitrogens with zero attached hydrogens (tertiary/aromatic N) is 1. The maximum atomic E-state index is 6.17. The van der Waals surface area contributed by atoms with Crippen molar-refractivity contribution in [2.24, 2.45) is 0 Å². The number of fused-ring (bicyclic) bond motifs is 6. The molecule has 0 bridgehead atoms. The average Bonchev–Trinajstić information content (AvgIpc) is 3.16. The van der Waals surface area contributed by atoms with Gasteiger partial charge < -0.3 is 4.74 Å². The van der Waals surface area contributed by atoms with E-state index < -0.39 is 0 Å². The van der Waals surface area contributed by atoms with Gasteiger partial charge in [0.25, 0.3) is 0 Å². The molecule has 1 saturated carbocycles. The largest absolute Gasteiger partial charge is 0.492 e. The molecule has 3 aromatic rings. The molecule has 1 spiro atoms. The molecule has 5 rings (SSSR count). The fraction of sp³-hybridized carbons (Fsp3) is 0.316. The minimum absolute atomic E-state index is 0.294. The summed E-state index contributed by atoms with van der Waals surface area (Å²) in [5.41, 5.74) is 2.80. The Morgan fingerprint density at radius 2 is 1.81 bits per heavy atom. The fourth-order valence-corrected chi connectivity index (χ4v) is 4.25. The average molecular weight is 275 g/mol. The van der Waals surface area contributed by atoms with E-state index >= 15 is 0 Å². The second kappa shape index (κ2) is 3.97.